The minimum Gasteiger partial charge on any atom is -0.479 e. The van der Waals surface area contributed by atoms with E-state index in [9.17, 15) is 14.9 Å². The van der Waals surface area contributed by atoms with Crippen molar-refractivity contribution in [3.63, 3.8) is 0 Å². The molecule has 0 bridgehead atoms. The van der Waals surface area contributed by atoms with E-state index in [4.69, 9.17) is 20.8 Å². The van der Waals surface area contributed by atoms with Crippen LogP contribution in [0.25, 0.3) is 0 Å². The first-order chi connectivity index (χ1) is 15.9. The van der Waals surface area contributed by atoms with Crippen molar-refractivity contribution in [1.82, 2.24) is 9.78 Å². The molecule has 4 rings (SSSR count). The Balaban J connectivity index is 1.38. The van der Waals surface area contributed by atoms with E-state index < -0.39 is 10.8 Å². The first kappa shape index (κ1) is 22.1. The van der Waals surface area contributed by atoms with Gasteiger partial charge in [0.1, 0.15) is 12.4 Å². The molecule has 9 nitrogen and oxygen atoms in total. The zero-order valence-corrected chi connectivity index (χ0v) is 18.3. The molecule has 0 atom stereocenters. The summed E-state index contributed by atoms with van der Waals surface area (Å²) in [5.41, 5.74) is 2.15. The number of furan rings is 1. The van der Waals surface area contributed by atoms with Crippen LogP contribution in [0.3, 0.4) is 0 Å². The van der Waals surface area contributed by atoms with Gasteiger partial charge in [-0.15, -0.1) is 0 Å². The fourth-order valence-electron chi connectivity index (χ4n) is 3.17. The number of halogens is 1. The molecule has 0 radical (unpaired) electrons. The molecular weight excluding hydrogens is 448 g/mol. The minimum absolute atomic E-state index is 0.0565. The van der Waals surface area contributed by atoms with Gasteiger partial charge in [-0.3, -0.25) is 19.6 Å². The van der Waals surface area contributed by atoms with Gasteiger partial charge in [-0.1, -0.05) is 29.8 Å². The van der Waals surface area contributed by atoms with Crippen LogP contribution < -0.4 is 10.1 Å². The summed E-state index contributed by atoms with van der Waals surface area (Å²) in [6, 6.07) is 15.1. The number of carbonyl (C=O) groups is 1. The molecule has 0 aliphatic rings. The third-order valence-corrected chi connectivity index (χ3v) is 4.89. The second-order valence-corrected chi connectivity index (χ2v) is 7.73. The Bertz CT molecular complexity index is 1310. The summed E-state index contributed by atoms with van der Waals surface area (Å²) in [6.45, 7) is 2.21. The predicted octanol–water partition coefficient (Wildman–Crippen LogP) is 5.23. The fraction of sp³-hybridized carbons (Fsp3) is 0.130. The van der Waals surface area contributed by atoms with Crippen LogP contribution >= 0.6 is 11.6 Å². The third-order valence-electron chi connectivity index (χ3n) is 4.70. The van der Waals surface area contributed by atoms with Crippen molar-refractivity contribution in [2.24, 2.45) is 0 Å². The molecule has 0 spiro atoms. The molecular formula is C23H19ClN4O5. The zero-order valence-electron chi connectivity index (χ0n) is 17.5. The summed E-state index contributed by atoms with van der Waals surface area (Å²) in [4.78, 5) is 23.3. The summed E-state index contributed by atoms with van der Waals surface area (Å²) in [7, 11) is 0. The lowest BCUT2D eigenvalue weighted by molar-refractivity contribution is -0.386. The van der Waals surface area contributed by atoms with Crippen LogP contribution in [0.1, 0.15) is 27.4 Å². The number of aryl methyl sites for hydroxylation is 1. The molecule has 2 aromatic carbocycles. The molecule has 0 saturated carbocycles. The van der Waals surface area contributed by atoms with Crippen molar-refractivity contribution in [2.45, 2.75) is 20.1 Å². The summed E-state index contributed by atoms with van der Waals surface area (Å²) < 4.78 is 12.8. The fourth-order valence-corrected chi connectivity index (χ4v) is 3.33. The van der Waals surface area contributed by atoms with Crippen molar-refractivity contribution in [3.8, 4) is 5.75 Å². The molecule has 0 unspecified atom stereocenters. The number of hydrogen-bond donors (Lipinski definition) is 1. The number of anilines is 1. The van der Waals surface area contributed by atoms with Gasteiger partial charge >= 0.3 is 5.69 Å². The molecule has 0 saturated heterocycles. The van der Waals surface area contributed by atoms with Gasteiger partial charge in [-0.2, -0.15) is 5.10 Å². The van der Waals surface area contributed by atoms with Crippen molar-refractivity contribution >= 4 is 28.9 Å². The van der Waals surface area contributed by atoms with Gasteiger partial charge in [0.25, 0.3) is 5.91 Å². The second kappa shape index (κ2) is 9.58. The first-order valence-electron chi connectivity index (χ1n) is 9.92. The van der Waals surface area contributed by atoms with E-state index in [0.29, 0.717) is 23.0 Å². The number of nitro benzene ring substituents is 1. The number of nitrogens with zero attached hydrogens (tertiary/aromatic N) is 3. The predicted molar refractivity (Wildman–Crippen MR) is 122 cm³/mol. The second-order valence-electron chi connectivity index (χ2n) is 7.29. The Kier molecular flexibility index (Phi) is 6.41. The van der Waals surface area contributed by atoms with Crippen molar-refractivity contribution in [2.75, 3.05) is 5.32 Å². The maximum atomic E-state index is 12.6. The topological polar surface area (TPSA) is 112 Å². The van der Waals surface area contributed by atoms with Crippen molar-refractivity contribution in [1.29, 1.82) is 0 Å². The van der Waals surface area contributed by atoms with Crippen LogP contribution in [0.2, 0.25) is 5.02 Å². The molecule has 2 heterocycles. The highest BCUT2D eigenvalue weighted by molar-refractivity contribution is 6.30. The standard InChI is InChI=1S/C23H19ClN4O5/c1-15-5-7-21(20(9-15)28(30)31)32-14-19-6-8-22(33-19)23(29)26-18-4-2-3-16(10-18)12-27-13-17(24)11-25-27/h2-11,13H,12,14H2,1H3,(H,26,29). The summed E-state index contributed by atoms with van der Waals surface area (Å²) >= 11 is 5.89. The van der Waals surface area contributed by atoms with Gasteiger partial charge in [-0.25, -0.2) is 0 Å². The summed E-state index contributed by atoms with van der Waals surface area (Å²) in [5.74, 6) is 0.153. The van der Waals surface area contributed by atoms with Crippen LogP contribution in [0.4, 0.5) is 11.4 Å². The number of aromatic nitrogens is 2. The average Bonchev–Trinajstić information content (AvgIpc) is 3.42. The Hall–Kier alpha value is -4.11. The molecule has 33 heavy (non-hydrogen) atoms. The van der Waals surface area contributed by atoms with Crippen molar-refractivity contribution < 1.29 is 18.9 Å². The summed E-state index contributed by atoms with van der Waals surface area (Å²) in [6.07, 6.45) is 3.27. The number of nitro groups is 1. The van der Waals surface area contributed by atoms with Gasteiger partial charge < -0.3 is 14.5 Å². The number of hydrogen-bond acceptors (Lipinski definition) is 6. The molecule has 1 N–H and O–H groups in total. The van der Waals surface area contributed by atoms with E-state index in [1.54, 1.807) is 42.2 Å². The normalized spacial score (nSPS) is 10.7. The van der Waals surface area contributed by atoms with Crippen LogP contribution in [0.15, 0.2) is 71.4 Å². The smallest absolute Gasteiger partial charge is 0.311 e. The van der Waals surface area contributed by atoms with Crippen LogP contribution in [-0.2, 0) is 13.2 Å². The Labute approximate surface area is 193 Å². The van der Waals surface area contributed by atoms with Gasteiger partial charge in [0.15, 0.2) is 11.5 Å². The van der Waals surface area contributed by atoms with Gasteiger partial charge in [0.2, 0.25) is 0 Å². The van der Waals surface area contributed by atoms with Crippen LogP contribution in [0, 0.1) is 17.0 Å². The molecule has 4 aromatic rings. The number of benzene rings is 2. The van der Waals surface area contributed by atoms with Crippen LogP contribution in [0.5, 0.6) is 5.75 Å². The Morgan fingerprint density at radius 2 is 2.09 bits per heavy atom. The maximum absolute atomic E-state index is 12.6. The zero-order chi connectivity index (χ0) is 23.4. The number of amides is 1. The Morgan fingerprint density at radius 3 is 2.85 bits per heavy atom. The number of carbonyl (C=O) groups excluding carboxylic acids is 1. The highest BCUT2D eigenvalue weighted by Crippen LogP contribution is 2.28. The van der Waals surface area contributed by atoms with E-state index in [2.05, 4.69) is 10.4 Å². The first-order valence-corrected chi connectivity index (χ1v) is 10.3. The van der Waals surface area contributed by atoms with Crippen LogP contribution in [-0.4, -0.2) is 20.6 Å². The van der Waals surface area contributed by atoms with Gasteiger partial charge in [-0.05, 0) is 48.4 Å². The lowest BCUT2D eigenvalue weighted by atomic mass is 10.2. The molecule has 0 fully saturated rings. The molecule has 1 amide bonds. The largest absolute Gasteiger partial charge is 0.479 e. The number of ether oxygens (including phenoxy) is 1. The highest BCUT2D eigenvalue weighted by atomic mass is 35.5. The quantitative estimate of drug-likeness (QED) is 0.281. The van der Waals surface area contributed by atoms with E-state index in [1.807, 2.05) is 18.2 Å². The minimum atomic E-state index is -0.502. The highest BCUT2D eigenvalue weighted by Gasteiger charge is 2.17. The summed E-state index contributed by atoms with van der Waals surface area (Å²) in [5, 5.41) is 18.7. The van der Waals surface area contributed by atoms with Gasteiger partial charge in [0.05, 0.1) is 22.7 Å². The third kappa shape index (κ3) is 5.58. The molecule has 10 heteroatoms. The van der Waals surface area contributed by atoms with Gasteiger partial charge in [0, 0.05) is 18.0 Å². The average molecular weight is 467 g/mol. The van der Waals surface area contributed by atoms with Crippen molar-refractivity contribution in [3.05, 3.63) is 105 Å². The SMILES string of the molecule is Cc1ccc(OCc2ccc(C(=O)Nc3cccc(Cn4cc(Cl)cn4)c3)o2)c([N+](=O)[O-])c1. The molecule has 0 aliphatic carbocycles. The monoisotopic (exact) mass is 466 g/mol. The Morgan fingerprint density at radius 1 is 1.24 bits per heavy atom. The van der Waals surface area contributed by atoms with E-state index in [1.165, 1.54) is 18.2 Å². The lowest BCUT2D eigenvalue weighted by Gasteiger charge is -2.07. The number of nitrogens with one attached hydrogen (secondary N) is 1. The lowest BCUT2D eigenvalue weighted by Crippen LogP contribution is -2.11. The van der Waals surface area contributed by atoms with E-state index in [0.717, 1.165) is 11.1 Å². The van der Waals surface area contributed by atoms with E-state index in [-0.39, 0.29) is 23.8 Å². The maximum Gasteiger partial charge on any atom is 0.311 e. The van der Waals surface area contributed by atoms with E-state index >= 15 is 0 Å². The number of rotatable bonds is 8. The molecule has 2 aromatic heterocycles. The molecule has 0 aliphatic heterocycles. The molecule has 168 valence electrons.